The van der Waals surface area contributed by atoms with Crippen molar-refractivity contribution in [1.82, 2.24) is 0 Å². The van der Waals surface area contributed by atoms with E-state index in [0.29, 0.717) is 0 Å². The summed E-state index contributed by atoms with van der Waals surface area (Å²) >= 11 is 0. The lowest BCUT2D eigenvalue weighted by Crippen LogP contribution is -2.68. The van der Waals surface area contributed by atoms with E-state index in [2.05, 4.69) is 72.5 Å². The molecule has 0 saturated carbocycles. The highest BCUT2D eigenvalue weighted by Crippen LogP contribution is 2.34. The van der Waals surface area contributed by atoms with Crippen molar-refractivity contribution in [3.05, 3.63) is 90.5 Å². The Morgan fingerprint density at radius 2 is 1.09 bits per heavy atom. The third kappa shape index (κ3) is 7.78. The smallest absolute Gasteiger partial charge is 0.361 e. The Morgan fingerprint density at radius 1 is 0.657 bits per heavy atom. The highest BCUT2D eigenvalue weighted by molar-refractivity contribution is 5.75. The van der Waals surface area contributed by atoms with Gasteiger partial charge in [0.05, 0.1) is 30.4 Å². The molecule has 0 radical (unpaired) electrons. The lowest BCUT2D eigenvalue weighted by Gasteiger charge is -2.17. The molecule has 1 aromatic heterocycles. The Kier molecular flexibility index (Phi) is 8.45. The molecular weight excluding hydrogens is 470 g/mol. The minimum absolute atomic E-state index is 0.822. The summed E-state index contributed by atoms with van der Waals surface area (Å²) in [5.41, 5.74) is 6.74. The maximum absolute atomic E-state index is 8.49. The average Bonchev–Trinajstić information content (AvgIpc) is 2.83. The number of methoxy groups -OCH3 is 1. The van der Waals surface area contributed by atoms with Gasteiger partial charge in [0.15, 0.2) is 0 Å². The maximum atomic E-state index is 8.49. The number of rotatable bonds is 5. The van der Waals surface area contributed by atoms with E-state index < -0.39 is 10.2 Å². The SMILES string of the molecule is COc1ccc(-c2cc(-c3ccc(N(C)C)cc3)cc(-c3ccc(C)cc3)[o+]2)cc1.[O-][Cl+3]([O-])([O-])[O-]. The van der Waals surface area contributed by atoms with Crippen LogP contribution in [0, 0.1) is 17.2 Å². The van der Waals surface area contributed by atoms with Crippen molar-refractivity contribution in [3.63, 3.8) is 0 Å². The molecule has 0 bridgehead atoms. The first-order valence-electron chi connectivity index (χ1n) is 10.6. The van der Waals surface area contributed by atoms with Crippen molar-refractivity contribution >= 4 is 5.69 Å². The van der Waals surface area contributed by atoms with Crippen molar-refractivity contribution in [2.75, 3.05) is 26.1 Å². The fourth-order valence-corrected chi connectivity index (χ4v) is 3.38. The molecule has 7 nitrogen and oxygen atoms in total. The van der Waals surface area contributed by atoms with Crippen LogP contribution in [0.5, 0.6) is 5.75 Å². The van der Waals surface area contributed by atoms with E-state index in [0.717, 1.165) is 39.5 Å². The monoisotopic (exact) mass is 495 g/mol. The first-order chi connectivity index (χ1) is 16.5. The number of hydrogen-bond donors (Lipinski definition) is 0. The molecule has 3 aromatic carbocycles. The van der Waals surface area contributed by atoms with E-state index in [1.165, 1.54) is 11.3 Å². The average molecular weight is 496 g/mol. The van der Waals surface area contributed by atoms with Crippen molar-refractivity contribution < 1.29 is 38.0 Å². The Bertz CT molecular complexity index is 1230. The van der Waals surface area contributed by atoms with Crippen LogP contribution in [0.15, 0.2) is 89.3 Å². The number of aryl methyl sites for hydroxylation is 1. The van der Waals surface area contributed by atoms with Crippen LogP contribution in [0.25, 0.3) is 33.8 Å². The first kappa shape index (κ1) is 26.2. The molecule has 4 rings (SSSR count). The van der Waals surface area contributed by atoms with Crippen molar-refractivity contribution in [2.24, 2.45) is 0 Å². The summed E-state index contributed by atoms with van der Waals surface area (Å²) in [7, 11) is 0.828. The van der Waals surface area contributed by atoms with Gasteiger partial charge in [-0.3, -0.25) is 0 Å². The highest BCUT2D eigenvalue weighted by atomic mass is 35.7. The highest BCUT2D eigenvalue weighted by Gasteiger charge is 2.20. The zero-order chi connectivity index (χ0) is 25.6. The number of ether oxygens (including phenoxy) is 1. The molecule has 0 aliphatic carbocycles. The van der Waals surface area contributed by atoms with E-state index in [9.17, 15) is 0 Å². The van der Waals surface area contributed by atoms with Gasteiger partial charge in [-0.05, 0) is 61.0 Å². The van der Waals surface area contributed by atoms with Gasteiger partial charge in [0, 0.05) is 25.3 Å². The van der Waals surface area contributed by atoms with Gasteiger partial charge in [0.25, 0.3) is 0 Å². The van der Waals surface area contributed by atoms with Gasteiger partial charge < -0.3 is 9.64 Å². The molecule has 4 aromatic rings. The van der Waals surface area contributed by atoms with E-state index >= 15 is 0 Å². The molecule has 0 atom stereocenters. The van der Waals surface area contributed by atoms with Crippen LogP contribution in [-0.2, 0) is 0 Å². The van der Waals surface area contributed by atoms with Crippen LogP contribution in [0.2, 0.25) is 0 Å². The third-order valence-electron chi connectivity index (χ3n) is 5.22. The molecule has 0 fully saturated rings. The van der Waals surface area contributed by atoms with E-state index in [-0.39, 0.29) is 0 Å². The maximum Gasteiger partial charge on any atom is 0.361 e. The van der Waals surface area contributed by atoms with Crippen LogP contribution < -0.4 is 28.3 Å². The standard InChI is InChI=1S/C27H26NO2.ClHO4/c1-19-5-7-21(8-6-19)26-17-23(20-9-13-24(14-10-20)28(2)3)18-27(30-26)22-11-15-25(29-4)16-12-22;2-1(3,4)5/h5-18H,1-4H3;(H,2,3,4,5)/q+1;/p-1. The Morgan fingerprint density at radius 3 is 1.51 bits per heavy atom. The molecular formula is C27H26ClNO6. The molecule has 0 saturated heterocycles. The second-order valence-corrected chi connectivity index (χ2v) is 8.74. The summed E-state index contributed by atoms with van der Waals surface area (Å²) in [6, 6.07) is 29.2. The third-order valence-corrected chi connectivity index (χ3v) is 5.22. The number of halogens is 1. The van der Waals surface area contributed by atoms with Crippen LogP contribution in [0.1, 0.15) is 5.56 Å². The van der Waals surface area contributed by atoms with Crippen LogP contribution >= 0.6 is 0 Å². The van der Waals surface area contributed by atoms with Crippen molar-refractivity contribution in [3.8, 4) is 39.5 Å². The first-order valence-corrected chi connectivity index (χ1v) is 11.9. The topological polar surface area (TPSA) is 116 Å². The minimum atomic E-state index is -4.94. The van der Waals surface area contributed by atoms with E-state index in [4.69, 9.17) is 27.8 Å². The molecule has 1 heterocycles. The number of hydrogen-bond acceptors (Lipinski definition) is 6. The Labute approximate surface area is 206 Å². The van der Waals surface area contributed by atoms with E-state index in [1.807, 2.05) is 38.4 Å². The van der Waals surface area contributed by atoms with Crippen LogP contribution in [0.3, 0.4) is 0 Å². The Hall–Kier alpha value is -3.46. The van der Waals surface area contributed by atoms with Gasteiger partial charge in [-0.25, -0.2) is 23.1 Å². The van der Waals surface area contributed by atoms with Crippen LogP contribution in [-0.4, -0.2) is 21.2 Å². The second kappa shape index (κ2) is 11.3. The largest absolute Gasteiger partial charge is 0.497 e. The molecule has 0 unspecified atom stereocenters. The summed E-state index contributed by atoms with van der Waals surface area (Å²) in [6.45, 7) is 2.09. The lowest BCUT2D eigenvalue weighted by atomic mass is 10.0. The van der Waals surface area contributed by atoms with Gasteiger partial charge in [0.1, 0.15) is 5.75 Å². The Balaban J connectivity index is 0.000000623. The molecule has 35 heavy (non-hydrogen) atoms. The lowest BCUT2D eigenvalue weighted by molar-refractivity contribution is -2.00. The zero-order valence-corrected chi connectivity index (χ0v) is 20.6. The predicted octanol–water partition coefficient (Wildman–Crippen LogP) is 2.19. The van der Waals surface area contributed by atoms with Crippen molar-refractivity contribution in [2.45, 2.75) is 6.92 Å². The molecule has 182 valence electrons. The molecule has 0 aliphatic heterocycles. The van der Waals surface area contributed by atoms with Gasteiger partial charge in [-0.2, -0.15) is 0 Å². The van der Waals surface area contributed by atoms with E-state index in [1.54, 1.807) is 7.11 Å². The molecule has 8 heteroatoms. The predicted molar refractivity (Wildman–Crippen MR) is 125 cm³/mol. The normalized spacial score (nSPS) is 10.9. The van der Waals surface area contributed by atoms with Crippen molar-refractivity contribution in [1.29, 1.82) is 0 Å². The summed E-state index contributed by atoms with van der Waals surface area (Å²) in [5.74, 6) is 2.49. The summed E-state index contributed by atoms with van der Waals surface area (Å²) in [6.07, 6.45) is 0. The molecule has 0 N–H and O–H groups in total. The van der Waals surface area contributed by atoms with Crippen LogP contribution in [0.4, 0.5) is 5.69 Å². The molecule has 0 spiro atoms. The van der Waals surface area contributed by atoms with Gasteiger partial charge in [0.2, 0.25) is 0 Å². The minimum Gasteiger partial charge on any atom is -0.497 e. The molecule has 0 amide bonds. The number of benzene rings is 3. The fraction of sp³-hybridized carbons (Fsp3) is 0.148. The van der Waals surface area contributed by atoms with Gasteiger partial charge >= 0.3 is 11.5 Å². The summed E-state index contributed by atoms with van der Waals surface area (Å²) in [5, 5.41) is 0. The zero-order valence-electron chi connectivity index (χ0n) is 19.9. The molecule has 0 aliphatic rings. The summed E-state index contributed by atoms with van der Waals surface area (Å²) < 4.78 is 45.6. The quantitative estimate of drug-likeness (QED) is 0.389. The fourth-order valence-electron chi connectivity index (χ4n) is 3.38. The second-order valence-electron chi connectivity index (χ2n) is 7.99. The van der Waals surface area contributed by atoms with Gasteiger partial charge in [-0.15, -0.1) is 10.2 Å². The number of nitrogens with zero attached hydrogens (tertiary/aromatic N) is 1. The summed E-state index contributed by atoms with van der Waals surface area (Å²) in [4.78, 5) is 2.10. The number of anilines is 1. The van der Waals surface area contributed by atoms with Gasteiger partial charge in [-0.1, -0.05) is 29.8 Å².